The van der Waals surface area contributed by atoms with Gasteiger partial charge < -0.3 is 5.32 Å². The largest absolute Gasteiger partial charge is 0.416 e. The number of nitrogens with one attached hydrogen (secondary N) is 1. The van der Waals surface area contributed by atoms with Crippen molar-refractivity contribution in [2.24, 2.45) is 5.92 Å². The maximum absolute atomic E-state index is 12.4. The second kappa shape index (κ2) is 7.41. The highest BCUT2D eigenvalue weighted by molar-refractivity contribution is 5.45. The van der Waals surface area contributed by atoms with Crippen molar-refractivity contribution in [1.82, 2.24) is 0 Å². The van der Waals surface area contributed by atoms with Crippen LogP contribution in [0.3, 0.4) is 0 Å². The number of alkyl halides is 3. The SMILES string of the molecule is CCCCC(CC)CNc1ccc(C(F)(F)F)cc1. The Hall–Kier alpha value is -1.19. The van der Waals surface area contributed by atoms with Crippen LogP contribution in [0.5, 0.6) is 0 Å². The van der Waals surface area contributed by atoms with Gasteiger partial charge in [0.15, 0.2) is 0 Å². The molecule has 0 radical (unpaired) electrons. The Morgan fingerprint density at radius 2 is 1.74 bits per heavy atom. The number of hydrogen-bond donors (Lipinski definition) is 1. The van der Waals surface area contributed by atoms with Crippen molar-refractivity contribution < 1.29 is 13.2 Å². The molecule has 1 N–H and O–H groups in total. The summed E-state index contributed by atoms with van der Waals surface area (Å²) in [7, 11) is 0. The first-order valence-electron chi connectivity index (χ1n) is 6.88. The number of hydrogen-bond acceptors (Lipinski definition) is 1. The van der Waals surface area contributed by atoms with Gasteiger partial charge in [0.2, 0.25) is 0 Å². The van der Waals surface area contributed by atoms with Crippen molar-refractivity contribution in [3.8, 4) is 0 Å². The molecule has 0 saturated heterocycles. The third-order valence-corrected chi connectivity index (χ3v) is 3.35. The summed E-state index contributed by atoms with van der Waals surface area (Å²) in [5.41, 5.74) is 0.152. The average Bonchev–Trinajstić information content (AvgIpc) is 2.38. The standard InChI is InChI=1S/C15H22F3N/c1-3-5-6-12(4-2)11-19-14-9-7-13(8-10-14)15(16,17)18/h7-10,12,19H,3-6,11H2,1-2H3. The lowest BCUT2D eigenvalue weighted by molar-refractivity contribution is -0.137. The van der Waals surface area contributed by atoms with Crippen LogP contribution >= 0.6 is 0 Å². The molecular formula is C15H22F3N. The Morgan fingerprint density at radius 1 is 1.11 bits per heavy atom. The summed E-state index contributed by atoms with van der Waals surface area (Å²) in [6, 6.07) is 5.23. The van der Waals surface area contributed by atoms with E-state index in [4.69, 9.17) is 0 Å². The van der Waals surface area contributed by atoms with Gasteiger partial charge in [0, 0.05) is 12.2 Å². The van der Waals surface area contributed by atoms with Gasteiger partial charge in [-0.1, -0.05) is 33.1 Å². The lowest BCUT2D eigenvalue weighted by atomic mass is 9.99. The van der Waals surface area contributed by atoms with Gasteiger partial charge >= 0.3 is 6.18 Å². The van der Waals surface area contributed by atoms with E-state index in [0.29, 0.717) is 5.92 Å². The molecule has 0 bridgehead atoms. The molecule has 1 atom stereocenters. The summed E-state index contributed by atoms with van der Waals surface area (Å²) in [6.07, 6.45) is 0.379. The summed E-state index contributed by atoms with van der Waals surface area (Å²) in [6.45, 7) is 5.13. The summed E-state index contributed by atoms with van der Waals surface area (Å²) in [5.74, 6) is 0.585. The van der Waals surface area contributed by atoms with Crippen LogP contribution in [0.4, 0.5) is 18.9 Å². The van der Waals surface area contributed by atoms with Gasteiger partial charge in [0.1, 0.15) is 0 Å². The minimum atomic E-state index is -4.26. The third kappa shape index (κ3) is 5.53. The Kier molecular flexibility index (Phi) is 6.19. The van der Waals surface area contributed by atoms with E-state index >= 15 is 0 Å². The summed E-state index contributed by atoms with van der Waals surface area (Å²) in [4.78, 5) is 0. The minimum absolute atomic E-state index is 0.585. The molecule has 19 heavy (non-hydrogen) atoms. The fourth-order valence-corrected chi connectivity index (χ4v) is 1.98. The molecule has 0 aliphatic heterocycles. The quantitative estimate of drug-likeness (QED) is 0.707. The van der Waals surface area contributed by atoms with Crippen LogP contribution in [0.1, 0.15) is 45.1 Å². The van der Waals surface area contributed by atoms with E-state index in [1.54, 1.807) is 0 Å². The predicted molar refractivity (Wildman–Crippen MR) is 73.2 cm³/mol. The molecular weight excluding hydrogens is 251 g/mol. The van der Waals surface area contributed by atoms with Crippen LogP contribution in [0, 0.1) is 5.92 Å². The number of benzene rings is 1. The summed E-state index contributed by atoms with van der Waals surface area (Å²) in [5, 5.41) is 3.22. The lowest BCUT2D eigenvalue weighted by Gasteiger charge is -2.16. The topological polar surface area (TPSA) is 12.0 Å². The highest BCUT2D eigenvalue weighted by Gasteiger charge is 2.29. The fraction of sp³-hybridized carbons (Fsp3) is 0.600. The normalized spacial score (nSPS) is 13.3. The first-order chi connectivity index (χ1) is 8.97. The van der Waals surface area contributed by atoms with Gasteiger partial charge in [0.05, 0.1) is 5.56 Å². The van der Waals surface area contributed by atoms with Gasteiger partial charge in [-0.25, -0.2) is 0 Å². The van der Waals surface area contributed by atoms with Gasteiger partial charge in [0.25, 0.3) is 0 Å². The zero-order chi connectivity index (χ0) is 14.3. The second-order valence-electron chi connectivity index (χ2n) is 4.87. The molecule has 0 aromatic heterocycles. The minimum Gasteiger partial charge on any atom is -0.385 e. The number of anilines is 1. The molecule has 1 aromatic carbocycles. The molecule has 0 aliphatic carbocycles. The molecule has 0 amide bonds. The maximum Gasteiger partial charge on any atom is 0.416 e. The van der Waals surface area contributed by atoms with Gasteiger partial charge in [-0.2, -0.15) is 13.2 Å². The molecule has 0 spiro atoms. The molecule has 108 valence electrons. The van der Waals surface area contributed by atoms with Crippen LogP contribution in [0.25, 0.3) is 0 Å². The van der Waals surface area contributed by atoms with E-state index in [2.05, 4.69) is 19.2 Å². The van der Waals surface area contributed by atoms with Crippen molar-refractivity contribution in [1.29, 1.82) is 0 Å². The van der Waals surface area contributed by atoms with Crippen LogP contribution < -0.4 is 5.32 Å². The zero-order valence-corrected chi connectivity index (χ0v) is 11.6. The molecule has 0 aliphatic rings. The fourth-order valence-electron chi connectivity index (χ4n) is 1.98. The van der Waals surface area contributed by atoms with Crippen molar-refractivity contribution in [3.63, 3.8) is 0 Å². The third-order valence-electron chi connectivity index (χ3n) is 3.35. The highest BCUT2D eigenvalue weighted by Crippen LogP contribution is 2.29. The van der Waals surface area contributed by atoms with Gasteiger partial charge in [-0.15, -0.1) is 0 Å². The Balaban J connectivity index is 2.49. The zero-order valence-electron chi connectivity index (χ0n) is 11.6. The van der Waals surface area contributed by atoms with E-state index in [-0.39, 0.29) is 0 Å². The monoisotopic (exact) mass is 273 g/mol. The molecule has 1 nitrogen and oxygen atoms in total. The highest BCUT2D eigenvalue weighted by atomic mass is 19.4. The van der Waals surface area contributed by atoms with E-state index in [1.165, 1.54) is 31.4 Å². The van der Waals surface area contributed by atoms with Gasteiger partial charge in [-0.05, 0) is 36.6 Å². The van der Waals surface area contributed by atoms with E-state index < -0.39 is 11.7 Å². The van der Waals surface area contributed by atoms with Crippen molar-refractivity contribution >= 4 is 5.69 Å². The first kappa shape index (κ1) is 15.9. The molecule has 0 heterocycles. The number of rotatable bonds is 7. The predicted octanol–water partition coefficient (Wildman–Crippen LogP) is 5.33. The first-order valence-corrected chi connectivity index (χ1v) is 6.88. The van der Waals surface area contributed by atoms with E-state index in [9.17, 15) is 13.2 Å². The van der Waals surface area contributed by atoms with Crippen molar-refractivity contribution in [2.75, 3.05) is 11.9 Å². The molecule has 1 aromatic rings. The van der Waals surface area contributed by atoms with Crippen LogP contribution in [0.15, 0.2) is 24.3 Å². The number of unbranched alkanes of at least 4 members (excludes halogenated alkanes) is 1. The van der Waals surface area contributed by atoms with Crippen LogP contribution in [-0.4, -0.2) is 6.54 Å². The Bertz CT molecular complexity index is 357. The van der Waals surface area contributed by atoms with E-state index in [0.717, 1.165) is 30.8 Å². The second-order valence-corrected chi connectivity index (χ2v) is 4.87. The molecule has 4 heteroatoms. The molecule has 0 fully saturated rings. The van der Waals surface area contributed by atoms with Gasteiger partial charge in [-0.3, -0.25) is 0 Å². The Morgan fingerprint density at radius 3 is 2.21 bits per heavy atom. The molecule has 0 saturated carbocycles. The number of halogens is 3. The summed E-state index contributed by atoms with van der Waals surface area (Å²) >= 11 is 0. The van der Waals surface area contributed by atoms with Crippen LogP contribution in [0.2, 0.25) is 0 Å². The van der Waals surface area contributed by atoms with Crippen molar-refractivity contribution in [3.05, 3.63) is 29.8 Å². The average molecular weight is 273 g/mol. The summed E-state index contributed by atoms with van der Waals surface area (Å²) < 4.78 is 37.2. The molecule has 1 rings (SSSR count). The molecule has 1 unspecified atom stereocenters. The Labute approximate surface area is 113 Å². The van der Waals surface area contributed by atoms with Crippen molar-refractivity contribution in [2.45, 2.75) is 45.7 Å². The maximum atomic E-state index is 12.4. The van der Waals surface area contributed by atoms with E-state index in [1.807, 2.05) is 0 Å². The lowest BCUT2D eigenvalue weighted by Crippen LogP contribution is -2.14. The van der Waals surface area contributed by atoms with Crippen LogP contribution in [-0.2, 0) is 6.18 Å². The smallest absolute Gasteiger partial charge is 0.385 e.